The minimum Gasteiger partial charge on any atom is -0.357 e. The van der Waals surface area contributed by atoms with Gasteiger partial charge >= 0.3 is 0 Å². The van der Waals surface area contributed by atoms with Crippen molar-refractivity contribution in [3.05, 3.63) is 46.3 Å². The number of guanidine groups is 1. The number of benzene rings is 1. The van der Waals surface area contributed by atoms with E-state index in [0.717, 1.165) is 34.6 Å². The summed E-state index contributed by atoms with van der Waals surface area (Å²) in [6.45, 7) is 9.73. The molecule has 1 aromatic carbocycles. The van der Waals surface area contributed by atoms with Crippen molar-refractivity contribution < 1.29 is 8.42 Å². The molecule has 0 unspecified atom stereocenters. The number of hydrogen-bond acceptors (Lipinski definition) is 4. The van der Waals surface area contributed by atoms with Gasteiger partial charge < -0.3 is 10.6 Å². The van der Waals surface area contributed by atoms with E-state index < -0.39 is 9.84 Å². The monoisotopic (exact) mass is 519 g/mol. The fourth-order valence-corrected chi connectivity index (χ4v) is 3.94. The van der Waals surface area contributed by atoms with Crippen molar-refractivity contribution in [1.29, 1.82) is 0 Å². The predicted molar refractivity (Wildman–Crippen MR) is 124 cm³/mol. The first-order valence-corrected chi connectivity index (χ1v) is 10.8. The van der Waals surface area contributed by atoms with Gasteiger partial charge in [0, 0.05) is 37.7 Å². The van der Waals surface area contributed by atoms with Crippen LogP contribution in [0.4, 0.5) is 0 Å². The maximum atomic E-state index is 11.7. The Bertz CT molecular complexity index is 951. The van der Waals surface area contributed by atoms with Crippen molar-refractivity contribution in [3.63, 3.8) is 0 Å². The minimum absolute atomic E-state index is 0. The van der Waals surface area contributed by atoms with Crippen molar-refractivity contribution >= 4 is 39.8 Å². The lowest BCUT2D eigenvalue weighted by atomic mass is 10.1. The number of rotatable bonds is 6. The summed E-state index contributed by atoms with van der Waals surface area (Å²) in [4.78, 5) is 4.98. The second kappa shape index (κ2) is 10.2. The Morgan fingerprint density at radius 3 is 2.39 bits per heavy atom. The van der Waals surface area contributed by atoms with Crippen LogP contribution in [0, 0.1) is 20.8 Å². The van der Waals surface area contributed by atoms with Crippen LogP contribution in [-0.4, -0.2) is 37.0 Å². The first kappa shape index (κ1) is 24.4. The van der Waals surface area contributed by atoms with Crippen LogP contribution in [0.15, 0.2) is 28.1 Å². The van der Waals surface area contributed by atoms with E-state index in [4.69, 9.17) is 0 Å². The second-order valence-electron chi connectivity index (χ2n) is 6.69. The summed E-state index contributed by atoms with van der Waals surface area (Å²) in [6, 6.07) is 5.34. The largest absolute Gasteiger partial charge is 0.357 e. The Morgan fingerprint density at radius 1 is 1.21 bits per heavy atom. The molecule has 1 heterocycles. The lowest BCUT2D eigenvalue weighted by Crippen LogP contribution is -2.37. The first-order valence-electron chi connectivity index (χ1n) is 8.94. The summed E-state index contributed by atoms with van der Waals surface area (Å²) in [5.41, 5.74) is 5.00. The average molecular weight is 519 g/mol. The zero-order valence-electron chi connectivity index (χ0n) is 17.3. The number of nitrogens with one attached hydrogen (secondary N) is 2. The van der Waals surface area contributed by atoms with Gasteiger partial charge in [0.1, 0.15) is 0 Å². The van der Waals surface area contributed by atoms with E-state index in [-0.39, 0.29) is 24.0 Å². The number of halogens is 1. The molecule has 156 valence electrons. The lowest BCUT2D eigenvalue weighted by Gasteiger charge is -2.12. The zero-order chi connectivity index (χ0) is 20.2. The molecule has 9 heteroatoms. The van der Waals surface area contributed by atoms with Gasteiger partial charge in [-0.05, 0) is 44.9 Å². The van der Waals surface area contributed by atoms with Crippen molar-refractivity contribution in [3.8, 4) is 0 Å². The molecule has 1 aromatic heterocycles. The van der Waals surface area contributed by atoms with Crippen LogP contribution < -0.4 is 10.6 Å². The Labute approximate surface area is 185 Å². The van der Waals surface area contributed by atoms with Crippen LogP contribution in [0.2, 0.25) is 0 Å². The fourth-order valence-electron chi connectivity index (χ4n) is 2.98. The summed E-state index contributed by atoms with van der Waals surface area (Å²) in [6.07, 6.45) is 1.22. The topological polar surface area (TPSA) is 88.4 Å². The van der Waals surface area contributed by atoms with E-state index in [2.05, 4.69) is 20.7 Å². The molecule has 0 bridgehead atoms. The van der Waals surface area contributed by atoms with E-state index in [9.17, 15) is 8.42 Å². The average Bonchev–Trinajstić information content (AvgIpc) is 2.81. The van der Waals surface area contributed by atoms with Gasteiger partial charge in [-0.3, -0.25) is 4.68 Å². The second-order valence-corrected chi connectivity index (χ2v) is 8.68. The number of aromatic nitrogens is 2. The molecule has 0 amide bonds. The molecule has 0 atom stereocenters. The minimum atomic E-state index is -3.20. The van der Waals surface area contributed by atoms with Crippen LogP contribution >= 0.6 is 24.0 Å². The van der Waals surface area contributed by atoms with Crippen LogP contribution in [0.1, 0.15) is 35.0 Å². The molecule has 2 N–H and O–H groups in total. The van der Waals surface area contributed by atoms with E-state index in [1.807, 2.05) is 44.6 Å². The number of hydrogen-bond donors (Lipinski definition) is 2. The highest BCUT2D eigenvalue weighted by Crippen LogP contribution is 2.17. The first-order chi connectivity index (χ1) is 12.6. The molecule has 0 aliphatic carbocycles. The zero-order valence-corrected chi connectivity index (χ0v) is 20.5. The molecule has 0 fully saturated rings. The van der Waals surface area contributed by atoms with Gasteiger partial charge in [-0.2, -0.15) is 5.10 Å². The Morgan fingerprint density at radius 2 is 1.89 bits per heavy atom. The summed E-state index contributed by atoms with van der Waals surface area (Å²) in [5.74, 6) is 0.713. The number of nitrogens with zero attached hydrogens (tertiary/aromatic N) is 3. The number of sulfone groups is 1. The molecule has 0 spiro atoms. The van der Waals surface area contributed by atoms with Crippen molar-refractivity contribution in [1.82, 2.24) is 20.4 Å². The van der Waals surface area contributed by atoms with E-state index in [1.165, 1.54) is 6.26 Å². The third kappa shape index (κ3) is 6.20. The Kier molecular flexibility index (Phi) is 8.93. The van der Waals surface area contributed by atoms with Crippen LogP contribution in [0.5, 0.6) is 0 Å². The smallest absolute Gasteiger partial charge is 0.191 e. The maximum absolute atomic E-state index is 11.7. The van der Waals surface area contributed by atoms with E-state index in [1.54, 1.807) is 13.0 Å². The van der Waals surface area contributed by atoms with Crippen LogP contribution in [0.3, 0.4) is 0 Å². The van der Waals surface area contributed by atoms with Gasteiger partial charge in [0.15, 0.2) is 15.8 Å². The van der Waals surface area contributed by atoms with Gasteiger partial charge in [-0.25, -0.2) is 13.4 Å². The molecular formula is C19H30IN5O2S. The van der Waals surface area contributed by atoms with Gasteiger partial charge in [0.2, 0.25) is 0 Å². The Hall–Kier alpha value is -1.62. The van der Waals surface area contributed by atoms with Gasteiger partial charge in [-0.15, -0.1) is 24.0 Å². The third-order valence-corrected chi connectivity index (χ3v) is 5.75. The quantitative estimate of drug-likeness (QED) is 0.348. The van der Waals surface area contributed by atoms with Gasteiger partial charge in [0.25, 0.3) is 0 Å². The number of aliphatic imine (C=N–C) groups is 1. The number of aryl methyl sites for hydroxylation is 3. The van der Waals surface area contributed by atoms with Gasteiger partial charge in [-0.1, -0.05) is 12.1 Å². The lowest BCUT2D eigenvalue weighted by molar-refractivity contribution is 0.601. The summed E-state index contributed by atoms with van der Waals surface area (Å²) < 4.78 is 25.4. The molecule has 2 aromatic rings. The molecular weight excluding hydrogens is 489 g/mol. The fraction of sp³-hybridized carbons (Fsp3) is 0.474. The third-order valence-electron chi connectivity index (χ3n) is 4.49. The van der Waals surface area contributed by atoms with Crippen molar-refractivity contribution in [2.75, 3.05) is 12.8 Å². The van der Waals surface area contributed by atoms with Crippen molar-refractivity contribution in [2.45, 2.75) is 45.7 Å². The molecule has 2 rings (SSSR count). The maximum Gasteiger partial charge on any atom is 0.191 e. The summed E-state index contributed by atoms with van der Waals surface area (Å²) in [7, 11) is -1.27. The molecule has 0 saturated heterocycles. The van der Waals surface area contributed by atoms with Crippen LogP contribution in [0.25, 0.3) is 0 Å². The predicted octanol–water partition coefficient (Wildman–Crippen LogP) is 2.62. The molecule has 28 heavy (non-hydrogen) atoms. The van der Waals surface area contributed by atoms with Crippen LogP contribution in [-0.2, 0) is 30.0 Å². The normalized spacial score (nSPS) is 11.9. The Balaban J connectivity index is 0.00000392. The molecule has 0 radical (unpaired) electrons. The summed E-state index contributed by atoms with van der Waals surface area (Å²) in [5, 5.41) is 11.0. The highest BCUT2D eigenvalue weighted by molar-refractivity contribution is 14.0. The molecule has 0 aliphatic heterocycles. The standard InChI is InChI=1S/C19H29N5O2S.HI/c1-7-20-19(22-12-17-14(3)23-24(5)15(17)4)21-11-16-8-9-18(13(2)10-16)27(6,25)26;/h8-10H,7,11-12H2,1-6H3,(H2,20,21,22);1H. The highest BCUT2D eigenvalue weighted by Gasteiger charge is 2.11. The molecule has 0 aliphatic rings. The molecule has 7 nitrogen and oxygen atoms in total. The highest BCUT2D eigenvalue weighted by atomic mass is 127. The SMILES string of the molecule is CCNC(=NCc1ccc(S(C)(=O)=O)c(C)c1)NCc1c(C)nn(C)c1C.I. The van der Waals surface area contributed by atoms with E-state index in [0.29, 0.717) is 23.9 Å². The molecule has 0 saturated carbocycles. The van der Waals surface area contributed by atoms with E-state index >= 15 is 0 Å². The van der Waals surface area contributed by atoms with Crippen molar-refractivity contribution in [2.24, 2.45) is 12.0 Å². The van der Waals surface area contributed by atoms with Gasteiger partial charge in [0.05, 0.1) is 17.1 Å². The summed E-state index contributed by atoms with van der Waals surface area (Å²) >= 11 is 0.